The summed E-state index contributed by atoms with van der Waals surface area (Å²) in [6, 6.07) is 20.0. The molecule has 1 aliphatic heterocycles. The number of rotatable bonds is 6. The topological polar surface area (TPSA) is 139 Å². The quantitative estimate of drug-likeness (QED) is 0.171. The van der Waals surface area contributed by atoms with Crippen molar-refractivity contribution in [3.8, 4) is 22.3 Å². The summed E-state index contributed by atoms with van der Waals surface area (Å²) in [7, 11) is 0. The second kappa shape index (κ2) is 14.3. The molecule has 45 heavy (non-hydrogen) atoms. The van der Waals surface area contributed by atoms with Crippen molar-refractivity contribution in [3.63, 3.8) is 0 Å². The fourth-order valence-corrected chi connectivity index (χ4v) is 4.95. The van der Waals surface area contributed by atoms with E-state index in [1.165, 1.54) is 6.07 Å². The standard InChI is InChI=1S/C27H28N6O3.C6H4F2S/c28-23-15-21(16-31-27(23)35)19-5-6-24-20(13-19)14-22(25(29)32-24)17-1-3-18(4-2-17)26(34)30-7-8-33-9-11-36-12-10-33;7-4-1-2-6(9)5(8)3-4/h1-6,13-16H,7-12,28H2,(H2,29,32)(H,30,34)(H,31,35);1-3,9H. The summed E-state index contributed by atoms with van der Waals surface area (Å²) in [6.45, 7) is 4.67. The van der Waals surface area contributed by atoms with Crippen molar-refractivity contribution >= 4 is 40.9 Å². The van der Waals surface area contributed by atoms with Crippen LogP contribution in [0.2, 0.25) is 0 Å². The number of morpholine rings is 1. The minimum absolute atomic E-state index is 0.107. The minimum atomic E-state index is -0.627. The van der Waals surface area contributed by atoms with Crippen LogP contribution in [-0.2, 0) is 4.74 Å². The van der Waals surface area contributed by atoms with Gasteiger partial charge >= 0.3 is 0 Å². The van der Waals surface area contributed by atoms with Gasteiger partial charge in [0.05, 0.1) is 24.4 Å². The molecular formula is C33H32F2N6O3S. The molecule has 1 amide bonds. The number of hydrogen-bond donors (Lipinski definition) is 5. The van der Waals surface area contributed by atoms with Crippen LogP contribution in [0.5, 0.6) is 0 Å². The molecule has 0 bridgehead atoms. The molecule has 0 atom stereocenters. The summed E-state index contributed by atoms with van der Waals surface area (Å²) >= 11 is 3.70. The molecule has 6 rings (SSSR count). The maximum atomic E-state index is 12.6. The van der Waals surface area contributed by atoms with E-state index in [0.29, 0.717) is 17.9 Å². The first kappa shape index (κ1) is 31.6. The zero-order valence-corrected chi connectivity index (χ0v) is 25.1. The van der Waals surface area contributed by atoms with Crippen molar-refractivity contribution in [2.24, 2.45) is 0 Å². The number of thiol groups is 1. The van der Waals surface area contributed by atoms with Crippen LogP contribution < -0.4 is 22.3 Å². The number of ether oxygens (including phenoxy) is 1. The monoisotopic (exact) mass is 630 g/mol. The highest BCUT2D eigenvalue weighted by Gasteiger charge is 2.13. The number of pyridine rings is 2. The van der Waals surface area contributed by atoms with Crippen LogP contribution in [0.1, 0.15) is 10.4 Å². The molecule has 1 fully saturated rings. The Morgan fingerprint density at radius 1 is 0.956 bits per heavy atom. The van der Waals surface area contributed by atoms with E-state index in [1.807, 2.05) is 36.4 Å². The second-order valence-electron chi connectivity index (χ2n) is 10.4. The number of fused-ring (bicyclic) bond motifs is 1. The molecule has 1 aliphatic rings. The molecule has 0 radical (unpaired) electrons. The van der Waals surface area contributed by atoms with E-state index in [0.717, 1.165) is 78.1 Å². The van der Waals surface area contributed by atoms with E-state index < -0.39 is 11.6 Å². The van der Waals surface area contributed by atoms with Gasteiger partial charge in [-0.05, 0) is 59.7 Å². The number of halogens is 2. The Morgan fingerprint density at radius 2 is 1.69 bits per heavy atom. The number of anilines is 2. The molecule has 2 aromatic heterocycles. The largest absolute Gasteiger partial charge is 0.394 e. The number of H-pyrrole nitrogens is 1. The second-order valence-corrected chi connectivity index (χ2v) is 10.9. The minimum Gasteiger partial charge on any atom is -0.394 e. The van der Waals surface area contributed by atoms with Crippen molar-refractivity contribution in [1.29, 1.82) is 0 Å². The number of nitrogens with two attached hydrogens (primary N) is 2. The van der Waals surface area contributed by atoms with Gasteiger partial charge in [0.25, 0.3) is 11.5 Å². The lowest BCUT2D eigenvalue weighted by Crippen LogP contribution is -2.41. The number of amides is 1. The fourth-order valence-electron chi connectivity index (χ4n) is 4.81. The lowest BCUT2D eigenvalue weighted by atomic mass is 10.00. The number of aromatic amines is 1. The Hall–Kier alpha value is -4.78. The summed E-state index contributed by atoms with van der Waals surface area (Å²) < 4.78 is 29.7. The van der Waals surface area contributed by atoms with Gasteiger partial charge in [-0.25, -0.2) is 13.8 Å². The summed E-state index contributed by atoms with van der Waals surface area (Å²) in [6.07, 6.45) is 1.64. The molecule has 0 spiro atoms. The Morgan fingerprint density at radius 3 is 2.38 bits per heavy atom. The molecule has 9 nitrogen and oxygen atoms in total. The van der Waals surface area contributed by atoms with Gasteiger partial charge in [0.1, 0.15) is 17.5 Å². The zero-order valence-electron chi connectivity index (χ0n) is 24.2. The highest BCUT2D eigenvalue weighted by Crippen LogP contribution is 2.31. The third kappa shape index (κ3) is 8.04. The van der Waals surface area contributed by atoms with E-state index in [2.05, 4.69) is 32.8 Å². The normalized spacial score (nSPS) is 13.2. The first-order valence-electron chi connectivity index (χ1n) is 14.2. The molecule has 3 aromatic carbocycles. The fraction of sp³-hybridized carbons (Fsp3) is 0.182. The van der Waals surface area contributed by atoms with Crippen LogP contribution in [-0.4, -0.2) is 60.2 Å². The number of carbonyl (C=O) groups is 1. The van der Waals surface area contributed by atoms with Crippen LogP contribution in [0.25, 0.3) is 33.2 Å². The first-order valence-corrected chi connectivity index (χ1v) is 14.6. The van der Waals surface area contributed by atoms with Gasteiger partial charge in [0.2, 0.25) is 0 Å². The third-order valence-corrected chi connectivity index (χ3v) is 7.66. The van der Waals surface area contributed by atoms with E-state index in [9.17, 15) is 18.4 Å². The summed E-state index contributed by atoms with van der Waals surface area (Å²) in [5.74, 6) is -0.904. The molecular weight excluding hydrogens is 598 g/mol. The Bertz CT molecular complexity index is 1880. The molecule has 232 valence electrons. The molecule has 0 aliphatic carbocycles. The number of benzene rings is 3. The molecule has 1 saturated heterocycles. The smallest absolute Gasteiger partial charge is 0.271 e. The third-order valence-electron chi connectivity index (χ3n) is 7.29. The van der Waals surface area contributed by atoms with Gasteiger partial charge in [-0.3, -0.25) is 14.5 Å². The van der Waals surface area contributed by atoms with Gasteiger partial charge in [0, 0.05) is 65.4 Å². The maximum Gasteiger partial charge on any atom is 0.271 e. The Balaban J connectivity index is 0.000000383. The van der Waals surface area contributed by atoms with Crippen molar-refractivity contribution in [1.82, 2.24) is 20.2 Å². The van der Waals surface area contributed by atoms with E-state index >= 15 is 0 Å². The van der Waals surface area contributed by atoms with Gasteiger partial charge in [-0.1, -0.05) is 18.2 Å². The summed E-state index contributed by atoms with van der Waals surface area (Å²) in [5, 5.41) is 3.88. The number of aromatic nitrogens is 2. The molecule has 0 unspecified atom stereocenters. The van der Waals surface area contributed by atoms with Crippen LogP contribution >= 0.6 is 12.6 Å². The molecule has 5 aromatic rings. The van der Waals surface area contributed by atoms with Crippen LogP contribution in [0.4, 0.5) is 20.3 Å². The zero-order chi connectivity index (χ0) is 31.9. The predicted molar refractivity (Wildman–Crippen MR) is 175 cm³/mol. The Labute approximate surface area is 263 Å². The number of carbonyl (C=O) groups excluding carboxylic acids is 1. The Kier molecular flexibility index (Phi) is 10.1. The van der Waals surface area contributed by atoms with Gasteiger partial charge in [0.15, 0.2) is 0 Å². The lowest BCUT2D eigenvalue weighted by molar-refractivity contribution is 0.0383. The van der Waals surface area contributed by atoms with Crippen LogP contribution in [0.15, 0.2) is 88.7 Å². The predicted octanol–water partition coefficient (Wildman–Crippen LogP) is 4.74. The average molecular weight is 631 g/mol. The van der Waals surface area contributed by atoms with Gasteiger partial charge < -0.3 is 26.5 Å². The van der Waals surface area contributed by atoms with Crippen molar-refractivity contribution in [2.45, 2.75) is 4.90 Å². The number of nitrogens with zero attached hydrogens (tertiary/aromatic N) is 2. The van der Waals surface area contributed by atoms with E-state index in [1.54, 1.807) is 24.4 Å². The number of nitrogen functional groups attached to an aromatic ring is 2. The maximum absolute atomic E-state index is 12.6. The average Bonchev–Trinajstić information content (AvgIpc) is 3.04. The summed E-state index contributed by atoms with van der Waals surface area (Å²) in [4.78, 5) is 33.8. The number of nitrogens with one attached hydrogen (secondary N) is 2. The molecule has 0 saturated carbocycles. The van der Waals surface area contributed by atoms with Crippen molar-refractivity contribution in [2.75, 3.05) is 50.9 Å². The number of hydrogen-bond acceptors (Lipinski definition) is 8. The lowest BCUT2D eigenvalue weighted by Gasteiger charge is -2.26. The van der Waals surface area contributed by atoms with Crippen LogP contribution in [0.3, 0.4) is 0 Å². The summed E-state index contributed by atoms with van der Waals surface area (Å²) in [5.41, 5.74) is 16.6. The highest BCUT2D eigenvalue weighted by molar-refractivity contribution is 7.80. The molecule has 6 N–H and O–H groups in total. The van der Waals surface area contributed by atoms with Gasteiger partial charge in [-0.2, -0.15) is 0 Å². The molecule has 3 heterocycles. The van der Waals surface area contributed by atoms with Gasteiger partial charge in [-0.15, -0.1) is 12.6 Å². The van der Waals surface area contributed by atoms with Crippen LogP contribution in [0, 0.1) is 11.6 Å². The SMILES string of the molecule is Fc1ccc(S)c(F)c1.Nc1nc2ccc(-c3c[nH]c(=O)c(N)c3)cc2cc1-c1ccc(C(=O)NCCN2CCOCC2)cc1. The molecule has 12 heteroatoms. The van der Waals surface area contributed by atoms with Crippen molar-refractivity contribution < 1.29 is 18.3 Å². The highest BCUT2D eigenvalue weighted by atomic mass is 32.1. The van der Waals surface area contributed by atoms with E-state index in [4.69, 9.17) is 16.2 Å². The van der Waals surface area contributed by atoms with Crippen molar-refractivity contribution in [3.05, 3.63) is 107 Å². The van der Waals surface area contributed by atoms with E-state index in [-0.39, 0.29) is 22.0 Å². The first-order chi connectivity index (χ1) is 21.7.